The van der Waals surface area contributed by atoms with Crippen LogP contribution in [0.2, 0.25) is 0 Å². The first-order chi connectivity index (χ1) is 11.1. The van der Waals surface area contributed by atoms with Crippen molar-refractivity contribution in [1.29, 1.82) is 0 Å². The van der Waals surface area contributed by atoms with Crippen LogP contribution in [0.4, 0.5) is 10.5 Å². The zero-order valence-electron chi connectivity index (χ0n) is 13.8. The number of benzene rings is 1. The number of aliphatic hydroxyl groups is 1. The van der Waals surface area contributed by atoms with Gasteiger partial charge in [0.1, 0.15) is 0 Å². The van der Waals surface area contributed by atoms with Gasteiger partial charge in [-0.15, -0.1) is 0 Å². The molecule has 2 aromatic rings. The molecule has 5 nitrogen and oxygen atoms in total. The summed E-state index contributed by atoms with van der Waals surface area (Å²) in [6, 6.07) is 7.92. The highest BCUT2D eigenvalue weighted by atomic mass is 16.3. The minimum atomic E-state index is -0.123. The van der Waals surface area contributed by atoms with Gasteiger partial charge in [0, 0.05) is 35.9 Å². The monoisotopic (exact) mass is 315 g/mol. The maximum absolute atomic E-state index is 12.4. The van der Waals surface area contributed by atoms with Crippen molar-refractivity contribution in [3.63, 3.8) is 0 Å². The van der Waals surface area contributed by atoms with Gasteiger partial charge in [0.2, 0.25) is 0 Å². The Kier molecular flexibility index (Phi) is 4.57. The Labute approximate surface area is 136 Å². The van der Waals surface area contributed by atoms with Crippen LogP contribution in [0.15, 0.2) is 30.5 Å². The minimum absolute atomic E-state index is 0.0322. The molecule has 0 aliphatic carbocycles. The minimum Gasteiger partial charge on any atom is -0.394 e. The van der Waals surface area contributed by atoms with Gasteiger partial charge < -0.3 is 19.9 Å². The number of anilines is 1. The summed E-state index contributed by atoms with van der Waals surface area (Å²) < 4.78 is 2.24. The molecule has 1 aromatic heterocycles. The first-order valence-electron chi connectivity index (χ1n) is 8.36. The fourth-order valence-electron chi connectivity index (χ4n) is 3.32. The number of hydrogen-bond acceptors (Lipinski definition) is 2. The number of carbonyl (C=O) groups is 1. The van der Waals surface area contributed by atoms with E-state index in [-0.39, 0.29) is 18.7 Å². The average molecular weight is 315 g/mol. The molecule has 5 heteroatoms. The zero-order chi connectivity index (χ0) is 16.4. The summed E-state index contributed by atoms with van der Waals surface area (Å²) in [5.74, 6) is 0.593. The van der Waals surface area contributed by atoms with Crippen molar-refractivity contribution in [2.24, 2.45) is 5.92 Å². The molecule has 2 amide bonds. The Morgan fingerprint density at radius 1 is 1.39 bits per heavy atom. The van der Waals surface area contributed by atoms with Crippen molar-refractivity contribution in [2.75, 3.05) is 18.5 Å². The highest BCUT2D eigenvalue weighted by Gasteiger charge is 2.28. The van der Waals surface area contributed by atoms with Crippen molar-refractivity contribution in [1.82, 2.24) is 9.47 Å². The van der Waals surface area contributed by atoms with Crippen LogP contribution in [0.25, 0.3) is 10.9 Å². The molecule has 0 saturated carbocycles. The largest absolute Gasteiger partial charge is 0.394 e. The van der Waals surface area contributed by atoms with E-state index in [0.29, 0.717) is 12.5 Å². The quantitative estimate of drug-likeness (QED) is 0.909. The normalized spacial score (nSPS) is 18.1. The fraction of sp³-hybridized carbons (Fsp3) is 0.500. The fourth-order valence-corrected chi connectivity index (χ4v) is 3.32. The maximum atomic E-state index is 12.4. The van der Waals surface area contributed by atoms with Gasteiger partial charge >= 0.3 is 6.03 Å². The summed E-state index contributed by atoms with van der Waals surface area (Å²) in [7, 11) is 0. The van der Waals surface area contributed by atoms with Gasteiger partial charge in [-0.2, -0.15) is 0 Å². The molecule has 1 fully saturated rings. The van der Waals surface area contributed by atoms with Crippen molar-refractivity contribution in [3.8, 4) is 0 Å². The molecule has 1 aliphatic rings. The molecule has 2 heterocycles. The predicted octanol–water partition coefficient (Wildman–Crippen LogP) is 3.29. The van der Waals surface area contributed by atoms with Gasteiger partial charge in [-0.05, 0) is 43.0 Å². The second-order valence-electron chi connectivity index (χ2n) is 6.74. The zero-order valence-corrected chi connectivity index (χ0v) is 13.8. The number of aromatic nitrogens is 1. The number of nitrogens with zero attached hydrogens (tertiary/aromatic N) is 2. The van der Waals surface area contributed by atoms with Crippen LogP contribution in [0, 0.1) is 5.92 Å². The summed E-state index contributed by atoms with van der Waals surface area (Å²) in [6.45, 7) is 6.14. The second-order valence-corrected chi connectivity index (χ2v) is 6.74. The average Bonchev–Trinajstić information content (AvgIpc) is 3.13. The lowest BCUT2D eigenvalue weighted by atomic mass is 10.2. The summed E-state index contributed by atoms with van der Waals surface area (Å²) in [6.07, 6.45) is 3.93. The highest BCUT2D eigenvalue weighted by Crippen LogP contribution is 2.23. The van der Waals surface area contributed by atoms with E-state index in [2.05, 4.69) is 42.1 Å². The van der Waals surface area contributed by atoms with Crippen LogP contribution >= 0.6 is 0 Å². The topological polar surface area (TPSA) is 57.5 Å². The summed E-state index contributed by atoms with van der Waals surface area (Å²) in [4.78, 5) is 14.1. The summed E-state index contributed by atoms with van der Waals surface area (Å²) >= 11 is 0. The SMILES string of the molecule is CC(C)Cn1ccc2cc(NC(=O)N3CCC[C@@H]3CO)ccc21. The van der Waals surface area contributed by atoms with Gasteiger partial charge in [-0.1, -0.05) is 13.8 Å². The molecule has 2 N–H and O–H groups in total. The number of likely N-dealkylation sites (tertiary alicyclic amines) is 1. The molecule has 3 rings (SSSR count). The number of aliphatic hydroxyl groups excluding tert-OH is 1. The van der Waals surface area contributed by atoms with Gasteiger partial charge in [0.15, 0.2) is 0 Å². The lowest BCUT2D eigenvalue weighted by molar-refractivity contribution is 0.166. The molecule has 0 unspecified atom stereocenters. The molecule has 0 spiro atoms. The van der Waals surface area contributed by atoms with Gasteiger partial charge in [0.25, 0.3) is 0 Å². The van der Waals surface area contributed by atoms with Crippen molar-refractivity contribution >= 4 is 22.6 Å². The van der Waals surface area contributed by atoms with Crippen LogP contribution in [0.1, 0.15) is 26.7 Å². The molecule has 0 radical (unpaired) electrons. The molecule has 1 atom stereocenters. The molecular formula is C18H25N3O2. The number of hydrogen-bond donors (Lipinski definition) is 2. The van der Waals surface area contributed by atoms with Crippen LogP contribution in [0.3, 0.4) is 0 Å². The van der Waals surface area contributed by atoms with E-state index in [0.717, 1.165) is 30.5 Å². The summed E-state index contributed by atoms with van der Waals surface area (Å²) in [5, 5.41) is 13.4. The number of carbonyl (C=O) groups excluding carboxylic acids is 1. The lowest BCUT2D eigenvalue weighted by Gasteiger charge is -2.23. The summed E-state index contributed by atoms with van der Waals surface area (Å²) in [5.41, 5.74) is 1.99. The Morgan fingerprint density at radius 3 is 2.96 bits per heavy atom. The first-order valence-corrected chi connectivity index (χ1v) is 8.36. The molecule has 1 aromatic carbocycles. The van der Waals surface area contributed by atoms with Crippen LogP contribution in [-0.2, 0) is 6.54 Å². The Bertz CT molecular complexity index is 693. The number of rotatable bonds is 4. The van der Waals surface area contributed by atoms with Crippen LogP contribution < -0.4 is 5.32 Å². The van der Waals surface area contributed by atoms with Crippen molar-refractivity contribution in [3.05, 3.63) is 30.5 Å². The molecule has 1 aliphatic heterocycles. The van der Waals surface area contributed by atoms with E-state index in [1.165, 1.54) is 5.52 Å². The molecule has 0 bridgehead atoms. The highest BCUT2D eigenvalue weighted by molar-refractivity contribution is 5.93. The first kappa shape index (κ1) is 15.9. The predicted molar refractivity (Wildman–Crippen MR) is 92.6 cm³/mol. The van der Waals surface area contributed by atoms with Gasteiger partial charge in [-0.3, -0.25) is 0 Å². The Balaban J connectivity index is 1.75. The third-order valence-corrected chi connectivity index (χ3v) is 4.43. The van der Waals surface area contributed by atoms with Crippen molar-refractivity contribution < 1.29 is 9.90 Å². The van der Waals surface area contributed by atoms with E-state index in [4.69, 9.17) is 0 Å². The molecule has 23 heavy (non-hydrogen) atoms. The van der Waals surface area contributed by atoms with E-state index >= 15 is 0 Å². The van der Waals surface area contributed by atoms with Gasteiger partial charge in [-0.25, -0.2) is 4.79 Å². The van der Waals surface area contributed by atoms with Crippen molar-refractivity contribution in [2.45, 2.75) is 39.3 Å². The molecule has 124 valence electrons. The third kappa shape index (κ3) is 3.34. The number of amides is 2. The number of fused-ring (bicyclic) bond motifs is 1. The van der Waals surface area contributed by atoms with Crippen LogP contribution in [-0.4, -0.2) is 39.8 Å². The molecule has 1 saturated heterocycles. The maximum Gasteiger partial charge on any atom is 0.322 e. The lowest BCUT2D eigenvalue weighted by Crippen LogP contribution is -2.40. The smallest absolute Gasteiger partial charge is 0.322 e. The van der Waals surface area contributed by atoms with E-state index in [1.807, 2.05) is 12.1 Å². The second kappa shape index (κ2) is 6.62. The number of urea groups is 1. The van der Waals surface area contributed by atoms with Gasteiger partial charge in [0.05, 0.1) is 12.6 Å². The van der Waals surface area contributed by atoms with Crippen LogP contribution in [0.5, 0.6) is 0 Å². The Morgan fingerprint density at radius 2 is 2.22 bits per heavy atom. The Hall–Kier alpha value is -2.01. The standard InChI is InChI=1S/C18H25N3O2/c1-13(2)11-20-9-7-14-10-15(5-6-17(14)20)19-18(23)21-8-3-4-16(21)12-22/h5-7,9-10,13,16,22H,3-4,8,11-12H2,1-2H3,(H,19,23)/t16-/m1/s1. The van der Waals surface area contributed by atoms with E-state index < -0.39 is 0 Å². The third-order valence-electron chi connectivity index (χ3n) is 4.43. The van der Waals surface area contributed by atoms with E-state index in [9.17, 15) is 9.90 Å². The molecular weight excluding hydrogens is 290 g/mol. The number of nitrogens with one attached hydrogen (secondary N) is 1. The van der Waals surface area contributed by atoms with E-state index in [1.54, 1.807) is 4.90 Å².